The Labute approximate surface area is 137 Å². The number of carbonyl (C=O) groups is 1. The Kier molecular flexibility index (Phi) is 4.47. The van der Waals surface area contributed by atoms with Crippen molar-refractivity contribution in [3.8, 4) is 0 Å². The molecule has 0 N–H and O–H groups in total. The molecule has 1 aromatic heterocycles. The van der Waals surface area contributed by atoms with Gasteiger partial charge in [-0.05, 0) is 12.5 Å². The van der Waals surface area contributed by atoms with Gasteiger partial charge < -0.3 is 14.4 Å². The molecule has 0 radical (unpaired) electrons. The van der Waals surface area contributed by atoms with E-state index in [9.17, 15) is 4.79 Å². The number of hydrogen-bond donors (Lipinski definition) is 0. The van der Waals surface area contributed by atoms with E-state index in [1.807, 2.05) is 28.9 Å². The van der Waals surface area contributed by atoms with Crippen LogP contribution < -0.4 is 0 Å². The van der Waals surface area contributed by atoms with Crippen molar-refractivity contribution in [1.82, 2.24) is 14.7 Å². The van der Waals surface area contributed by atoms with Gasteiger partial charge in [-0.15, -0.1) is 0 Å². The van der Waals surface area contributed by atoms with E-state index in [-0.39, 0.29) is 11.3 Å². The molecule has 0 aromatic carbocycles. The zero-order valence-corrected chi connectivity index (χ0v) is 14.4. The molecule has 128 valence electrons. The van der Waals surface area contributed by atoms with Gasteiger partial charge in [0.05, 0.1) is 19.4 Å². The number of carbonyl (C=O) groups excluding carboxylic acids is 1. The summed E-state index contributed by atoms with van der Waals surface area (Å²) < 4.78 is 13.8. The van der Waals surface area contributed by atoms with Crippen LogP contribution in [0.15, 0.2) is 12.4 Å². The Morgan fingerprint density at radius 2 is 1.91 bits per heavy atom. The first-order valence-electron chi connectivity index (χ1n) is 8.42. The topological polar surface area (TPSA) is 56.6 Å². The number of rotatable bonds is 3. The van der Waals surface area contributed by atoms with Crippen LogP contribution in [0, 0.1) is 12.3 Å². The Morgan fingerprint density at radius 1 is 1.26 bits per heavy atom. The molecule has 23 heavy (non-hydrogen) atoms. The van der Waals surface area contributed by atoms with Crippen molar-refractivity contribution in [2.24, 2.45) is 5.41 Å². The van der Waals surface area contributed by atoms with Crippen molar-refractivity contribution in [3.63, 3.8) is 0 Å². The second kappa shape index (κ2) is 6.24. The minimum absolute atomic E-state index is 0.0834. The minimum atomic E-state index is -0.467. The van der Waals surface area contributed by atoms with E-state index in [0.29, 0.717) is 26.1 Å². The summed E-state index contributed by atoms with van der Waals surface area (Å²) in [5, 5.41) is 4.22. The number of aryl methyl sites for hydroxylation is 2. The Hall–Kier alpha value is -1.40. The molecule has 0 atom stereocenters. The van der Waals surface area contributed by atoms with E-state index in [2.05, 4.69) is 18.9 Å². The summed E-state index contributed by atoms with van der Waals surface area (Å²) in [5.41, 5.74) is 1.20. The normalized spacial score (nSPS) is 23.2. The Balaban J connectivity index is 1.46. The fourth-order valence-corrected chi connectivity index (χ4v) is 3.08. The fraction of sp³-hybridized carbons (Fsp3) is 0.765. The monoisotopic (exact) mass is 321 g/mol. The zero-order valence-electron chi connectivity index (χ0n) is 14.4. The highest BCUT2D eigenvalue weighted by atomic mass is 16.7. The molecule has 0 unspecified atom stereocenters. The predicted octanol–water partition coefficient (Wildman–Crippen LogP) is 1.97. The highest BCUT2D eigenvalue weighted by Gasteiger charge is 2.43. The quantitative estimate of drug-likeness (QED) is 0.854. The lowest BCUT2D eigenvalue weighted by molar-refractivity contribution is -0.311. The lowest BCUT2D eigenvalue weighted by Crippen LogP contribution is -2.54. The molecule has 0 bridgehead atoms. The van der Waals surface area contributed by atoms with Crippen LogP contribution in [0.1, 0.15) is 38.7 Å². The van der Waals surface area contributed by atoms with Gasteiger partial charge in [-0.25, -0.2) is 0 Å². The average Bonchev–Trinajstić information content (AvgIpc) is 2.95. The maximum Gasteiger partial charge on any atom is 0.224 e. The lowest BCUT2D eigenvalue weighted by atomic mass is 9.92. The molecule has 0 saturated carbocycles. The summed E-state index contributed by atoms with van der Waals surface area (Å²) in [6.45, 7) is 9.79. The number of hydrogen-bond acceptors (Lipinski definition) is 4. The third-order valence-corrected chi connectivity index (χ3v) is 4.65. The molecule has 1 amide bonds. The van der Waals surface area contributed by atoms with Gasteiger partial charge in [0, 0.05) is 50.5 Å². The molecular weight excluding hydrogens is 294 g/mol. The summed E-state index contributed by atoms with van der Waals surface area (Å²) in [6.07, 6.45) is 5.78. The van der Waals surface area contributed by atoms with E-state index in [1.165, 1.54) is 0 Å². The molecule has 2 aliphatic heterocycles. The van der Waals surface area contributed by atoms with Gasteiger partial charge in [0.25, 0.3) is 0 Å². The number of likely N-dealkylation sites (tertiary alicyclic amines) is 1. The maximum absolute atomic E-state index is 12.4. The average molecular weight is 321 g/mol. The number of amides is 1. The summed E-state index contributed by atoms with van der Waals surface area (Å²) in [4.78, 5) is 14.3. The van der Waals surface area contributed by atoms with Crippen molar-refractivity contribution in [3.05, 3.63) is 18.0 Å². The van der Waals surface area contributed by atoms with Crippen molar-refractivity contribution in [1.29, 1.82) is 0 Å². The third kappa shape index (κ3) is 3.93. The Morgan fingerprint density at radius 3 is 2.48 bits per heavy atom. The zero-order chi connectivity index (χ0) is 16.5. The molecule has 6 nitrogen and oxygen atoms in total. The lowest BCUT2D eigenvalue weighted by Gasteiger charge is -2.47. The standard InChI is InChI=1S/C17H27N3O3/c1-14-10-18-20(11-14)7-4-15(21)19-8-5-17(6-9-19)22-12-16(2,3)13-23-17/h10-11H,4-9,12-13H2,1-3H3. The molecule has 1 aromatic rings. The highest BCUT2D eigenvalue weighted by molar-refractivity contribution is 5.76. The van der Waals surface area contributed by atoms with Gasteiger partial charge in [-0.3, -0.25) is 9.48 Å². The van der Waals surface area contributed by atoms with Crippen LogP contribution in [0.2, 0.25) is 0 Å². The van der Waals surface area contributed by atoms with E-state index in [0.717, 1.165) is 31.6 Å². The van der Waals surface area contributed by atoms with Crippen LogP contribution in [-0.2, 0) is 20.8 Å². The molecule has 1 spiro atoms. The molecule has 2 aliphatic rings. The Bertz CT molecular complexity index is 547. The molecular formula is C17H27N3O3. The van der Waals surface area contributed by atoms with Crippen LogP contribution in [0.4, 0.5) is 0 Å². The van der Waals surface area contributed by atoms with Gasteiger partial charge in [0.1, 0.15) is 0 Å². The number of ether oxygens (including phenoxy) is 2. The summed E-state index contributed by atoms with van der Waals surface area (Å²) in [6, 6.07) is 0. The van der Waals surface area contributed by atoms with Crippen molar-refractivity contribution < 1.29 is 14.3 Å². The smallest absolute Gasteiger partial charge is 0.224 e. The summed E-state index contributed by atoms with van der Waals surface area (Å²) >= 11 is 0. The maximum atomic E-state index is 12.4. The minimum Gasteiger partial charge on any atom is -0.349 e. The highest BCUT2D eigenvalue weighted by Crippen LogP contribution is 2.36. The summed E-state index contributed by atoms with van der Waals surface area (Å²) in [7, 11) is 0. The molecule has 6 heteroatoms. The first kappa shape index (κ1) is 16.5. The van der Waals surface area contributed by atoms with Gasteiger partial charge >= 0.3 is 0 Å². The largest absolute Gasteiger partial charge is 0.349 e. The van der Waals surface area contributed by atoms with E-state index in [4.69, 9.17) is 9.47 Å². The fourth-order valence-electron chi connectivity index (χ4n) is 3.08. The number of aromatic nitrogens is 2. The molecule has 2 saturated heterocycles. The molecule has 0 aliphatic carbocycles. The number of nitrogens with zero attached hydrogens (tertiary/aromatic N) is 3. The van der Waals surface area contributed by atoms with Crippen molar-refractivity contribution >= 4 is 5.91 Å². The predicted molar refractivity (Wildman–Crippen MR) is 85.8 cm³/mol. The van der Waals surface area contributed by atoms with Gasteiger partial charge in [-0.1, -0.05) is 13.8 Å². The van der Waals surface area contributed by atoms with Crippen LogP contribution in [0.25, 0.3) is 0 Å². The molecule has 3 heterocycles. The van der Waals surface area contributed by atoms with Crippen molar-refractivity contribution in [2.75, 3.05) is 26.3 Å². The van der Waals surface area contributed by atoms with Gasteiger partial charge in [0.15, 0.2) is 5.79 Å². The second-order valence-corrected chi connectivity index (χ2v) is 7.56. The second-order valence-electron chi connectivity index (χ2n) is 7.56. The van der Waals surface area contributed by atoms with E-state index in [1.54, 1.807) is 0 Å². The van der Waals surface area contributed by atoms with Gasteiger partial charge in [0.2, 0.25) is 5.91 Å². The van der Waals surface area contributed by atoms with Crippen LogP contribution in [0.3, 0.4) is 0 Å². The van der Waals surface area contributed by atoms with Crippen molar-refractivity contribution in [2.45, 2.75) is 52.4 Å². The van der Waals surface area contributed by atoms with E-state index < -0.39 is 5.79 Å². The van der Waals surface area contributed by atoms with E-state index >= 15 is 0 Å². The number of piperidine rings is 1. The van der Waals surface area contributed by atoms with Crippen LogP contribution in [-0.4, -0.2) is 52.7 Å². The van der Waals surface area contributed by atoms with Crippen LogP contribution >= 0.6 is 0 Å². The first-order valence-corrected chi connectivity index (χ1v) is 8.42. The van der Waals surface area contributed by atoms with Crippen LogP contribution in [0.5, 0.6) is 0 Å². The molecule has 2 fully saturated rings. The summed E-state index contributed by atoms with van der Waals surface area (Å²) in [5.74, 6) is -0.282. The SMILES string of the molecule is Cc1cnn(CCC(=O)N2CCC3(CC2)OCC(C)(C)CO3)c1. The third-order valence-electron chi connectivity index (χ3n) is 4.65. The first-order chi connectivity index (χ1) is 10.9. The molecule has 3 rings (SSSR count). The van der Waals surface area contributed by atoms with Gasteiger partial charge in [-0.2, -0.15) is 5.10 Å².